The van der Waals surface area contributed by atoms with Crippen molar-refractivity contribution < 1.29 is 4.74 Å². The van der Waals surface area contributed by atoms with Gasteiger partial charge in [0.15, 0.2) is 0 Å². The summed E-state index contributed by atoms with van der Waals surface area (Å²) < 4.78 is 5.13. The van der Waals surface area contributed by atoms with E-state index in [1.807, 2.05) is 14.1 Å². The number of ether oxygens (including phenoxy) is 1. The maximum atomic E-state index is 5.21. The number of rotatable bonds is 5. The van der Waals surface area contributed by atoms with Crippen molar-refractivity contribution >= 4 is 24.8 Å². The van der Waals surface area contributed by atoms with Gasteiger partial charge in [0.1, 0.15) is 0 Å². The van der Waals surface area contributed by atoms with Crippen LogP contribution in [0.3, 0.4) is 0 Å². The van der Waals surface area contributed by atoms with Crippen LogP contribution < -0.4 is 5.73 Å². The Kier molecular flexibility index (Phi) is 20.8. The molecule has 0 rings (SSSR count). The largest absolute Gasteiger partial charge is 0.379 e. The molecule has 0 aliphatic carbocycles. The second-order valence-electron chi connectivity index (χ2n) is 2.20. The van der Waals surface area contributed by atoms with Crippen LogP contribution in [0.25, 0.3) is 0 Å². The number of hydrogen-bond acceptors (Lipinski definition) is 3. The van der Waals surface area contributed by atoms with Crippen LogP contribution in [0.2, 0.25) is 0 Å². The molecule has 0 unspecified atom stereocenters. The summed E-state index contributed by atoms with van der Waals surface area (Å²) in [5.41, 5.74) is 5.21. The summed E-state index contributed by atoms with van der Waals surface area (Å²) in [6.07, 6.45) is 0. The average molecular weight is 205 g/mol. The number of nitrogens with two attached hydrogens (primary N) is 1. The van der Waals surface area contributed by atoms with E-state index in [2.05, 4.69) is 4.90 Å². The minimum Gasteiger partial charge on any atom is -0.379 e. The van der Waals surface area contributed by atoms with Gasteiger partial charge in [0.25, 0.3) is 0 Å². The highest BCUT2D eigenvalue weighted by atomic mass is 35.5. The van der Waals surface area contributed by atoms with E-state index in [-0.39, 0.29) is 24.8 Å². The van der Waals surface area contributed by atoms with E-state index in [1.165, 1.54) is 0 Å². The smallest absolute Gasteiger partial charge is 0.0593 e. The summed E-state index contributed by atoms with van der Waals surface area (Å²) in [6, 6.07) is 0. The number of halogens is 2. The molecule has 11 heavy (non-hydrogen) atoms. The Balaban J connectivity index is -0.000000320. The maximum Gasteiger partial charge on any atom is 0.0593 e. The number of nitrogens with zero attached hydrogens (tertiary/aromatic N) is 1. The molecule has 0 fully saturated rings. The first-order chi connectivity index (χ1) is 4.27. The van der Waals surface area contributed by atoms with Gasteiger partial charge in [-0.1, -0.05) is 0 Å². The zero-order valence-electron chi connectivity index (χ0n) is 7.08. The summed E-state index contributed by atoms with van der Waals surface area (Å²) in [4.78, 5) is 2.08. The van der Waals surface area contributed by atoms with Crippen molar-refractivity contribution in [3.63, 3.8) is 0 Å². The van der Waals surface area contributed by atoms with Gasteiger partial charge in [0.2, 0.25) is 0 Å². The normalized spacial score (nSPS) is 8.73. The Morgan fingerprint density at radius 2 is 1.73 bits per heavy atom. The van der Waals surface area contributed by atoms with Crippen molar-refractivity contribution in [1.82, 2.24) is 4.90 Å². The lowest BCUT2D eigenvalue weighted by molar-refractivity contribution is 0.124. The summed E-state index contributed by atoms with van der Waals surface area (Å²) in [6.45, 7) is 3.05. The second kappa shape index (κ2) is 13.1. The third-order valence-electron chi connectivity index (χ3n) is 0.945. The van der Waals surface area contributed by atoms with Crippen molar-refractivity contribution in [2.24, 2.45) is 5.73 Å². The van der Waals surface area contributed by atoms with Crippen LogP contribution in [-0.2, 0) is 4.74 Å². The van der Waals surface area contributed by atoms with Crippen LogP contribution in [0.15, 0.2) is 0 Å². The molecule has 0 atom stereocenters. The Bertz CT molecular complexity index is 64.5. The lowest BCUT2D eigenvalue weighted by Gasteiger charge is -2.08. The SMILES string of the molecule is CN(C)CCOCCN.Cl.Cl. The molecule has 0 aromatic rings. The lowest BCUT2D eigenvalue weighted by atomic mass is 10.6. The van der Waals surface area contributed by atoms with Crippen molar-refractivity contribution in [3.05, 3.63) is 0 Å². The highest BCUT2D eigenvalue weighted by Crippen LogP contribution is 1.75. The molecule has 0 saturated heterocycles. The Morgan fingerprint density at radius 3 is 2.09 bits per heavy atom. The summed E-state index contributed by atoms with van der Waals surface area (Å²) in [7, 11) is 4.04. The van der Waals surface area contributed by atoms with Crippen molar-refractivity contribution in [2.75, 3.05) is 40.4 Å². The molecular formula is C6H18Cl2N2O. The fourth-order valence-electron chi connectivity index (χ4n) is 0.433. The van der Waals surface area contributed by atoms with Crippen molar-refractivity contribution in [2.45, 2.75) is 0 Å². The number of hydrogen-bond donors (Lipinski definition) is 1. The quantitative estimate of drug-likeness (QED) is 0.659. The van der Waals surface area contributed by atoms with Gasteiger partial charge in [-0.25, -0.2) is 0 Å². The van der Waals surface area contributed by atoms with E-state index >= 15 is 0 Å². The van der Waals surface area contributed by atoms with Crippen LogP contribution in [-0.4, -0.2) is 45.3 Å². The average Bonchev–Trinajstić information content (AvgIpc) is 1.80. The molecule has 0 aromatic carbocycles. The molecule has 0 aliphatic heterocycles. The molecule has 0 saturated carbocycles. The van der Waals surface area contributed by atoms with Gasteiger partial charge in [-0.2, -0.15) is 0 Å². The second-order valence-corrected chi connectivity index (χ2v) is 2.20. The Labute approximate surface area is 81.1 Å². The molecule has 0 spiro atoms. The minimum absolute atomic E-state index is 0. The van der Waals surface area contributed by atoms with E-state index < -0.39 is 0 Å². The zero-order valence-corrected chi connectivity index (χ0v) is 8.71. The van der Waals surface area contributed by atoms with E-state index in [4.69, 9.17) is 10.5 Å². The molecule has 0 amide bonds. The van der Waals surface area contributed by atoms with E-state index in [1.54, 1.807) is 0 Å². The molecule has 0 radical (unpaired) electrons. The third kappa shape index (κ3) is 17.9. The lowest BCUT2D eigenvalue weighted by Crippen LogP contribution is -2.19. The van der Waals surface area contributed by atoms with Crippen LogP contribution in [0.4, 0.5) is 0 Å². The van der Waals surface area contributed by atoms with E-state index in [0.29, 0.717) is 13.2 Å². The Morgan fingerprint density at radius 1 is 1.18 bits per heavy atom. The molecule has 5 heteroatoms. The first kappa shape index (κ1) is 17.5. The third-order valence-corrected chi connectivity index (χ3v) is 0.945. The van der Waals surface area contributed by atoms with Crippen LogP contribution in [0, 0.1) is 0 Å². The van der Waals surface area contributed by atoms with Gasteiger partial charge in [-0.05, 0) is 14.1 Å². The summed E-state index contributed by atoms with van der Waals surface area (Å²) in [5, 5.41) is 0. The molecular weight excluding hydrogens is 187 g/mol. The summed E-state index contributed by atoms with van der Waals surface area (Å²) >= 11 is 0. The first-order valence-corrected chi connectivity index (χ1v) is 3.20. The minimum atomic E-state index is 0. The molecule has 2 N–H and O–H groups in total. The van der Waals surface area contributed by atoms with Gasteiger partial charge in [0.05, 0.1) is 13.2 Å². The van der Waals surface area contributed by atoms with Crippen LogP contribution >= 0.6 is 24.8 Å². The highest BCUT2D eigenvalue weighted by molar-refractivity contribution is 5.85. The monoisotopic (exact) mass is 204 g/mol. The van der Waals surface area contributed by atoms with Crippen LogP contribution in [0.1, 0.15) is 0 Å². The Hall–Kier alpha value is 0.460. The molecule has 0 heterocycles. The van der Waals surface area contributed by atoms with Crippen molar-refractivity contribution in [3.8, 4) is 0 Å². The molecule has 3 nitrogen and oxygen atoms in total. The maximum absolute atomic E-state index is 5.21. The van der Waals surface area contributed by atoms with Crippen LogP contribution in [0.5, 0.6) is 0 Å². The topological polar surface area (TPSA) is 38.5 Å². The fourth-order valence-corrected chi connectivity index (χ4v) is 0.433. The van der Waals surface area contributed by atoms with Gasteiger partial charge < -0.3 is 15.4 Å². The van der Waals surface area contributed by atoms with Gasteiger partial charge in [-0.3, -0.25) is 0 Å². The molecule has 0 bridgehead atoms. The van der Waals surface area contributed by atoms with E-state index in [9.17, 15) is 0 Å². The predicted molar refractivity (Wildman–Crippen MR) is 52.9 cm³/mol. The van der Waals surface area contributed by atoms with E-state index in [0.717, 1.165) is 13.2 Å². The number of likely N-dealkylation sites (N-methyl/N-ethyl adjacent to an activating group) is 1. The zero-order chi connectivity index (χ0) is 7.11. The van der Waals surface area contributed by atoms with Gasteiger partial charge >= 0.3 is 0 Å². The summed E-state index contributed by atoms with van der Waals surface area (Å²) in [5.74, 6) is 0. The molecule has 0 aliphatic rings. The first-order valence-electron chi connectivity index (χ1n) is 3.20. The standard InChI is InChI=1S/C6H16N2O.2ClH/c1-8(2)4-6-9-5-3-7;;/h3-7H2,1-2H3;2*1H. The molecule has 72 valence electrons. The predicted octanol–water partition coefficient (Wildman–Crippen LogP) is 0.367. The van der Waals surface area contributed by atoms with Gasteiger partial charge in [0, 0.05) is 13.1 Å². The molecule has 0 aromatic heterocycles. The van der Waals surface area contributed by atoms with Gasteiger partial charge in [-0.15, -0.1) is 24.8 Å². The highest BCUT2D eigenvalue weighted by Gasteiger charge is 1.87. The van der Waals surface area contributed by atoms with Crippen molar-refractivity contribution in [1.29, 1.82) is 0 Å². The fraction of sp³-hybridized carbons (Fsp3) is 1.00.